The number of hydrogen-bond acceptors (Lipinski definition) is 9. The van der Waals surface area contributed by atoms with Crippen molar-refractivity contribution < 1.29 is 28.5 Å². The van der Waals surface area contributed by atoms with Crippen LogP contribution in [-0.2, 0) is 48.1 Å². The highest BCUT2D eigenvalue weighted by Crippen LogP contribution is 2.41. The van der Waals surface area contributed by atoms with Crippen molar-refractivity contribution in [2.75, 3.05) is 19.8 Å². The molecule has 5 heterocycles. The highest BCUT2D eigenvalue weighted by Gasteiger charge is 2.47. The average molecular weight is 548 g/mol. The van der Waals surface area contributed by atoms with E-state index < -0.39 is 17.1 Å². The van der Waals surface area contributed by atoms with Crippen molar-refractivity contribution in [1.82, 2.24) is 13.7 Å². The molecular formula is C27H37N3O9. The van der Waals surface area contributed by atoms with Crippen LogP contribution in [0.4, 0.5) is 0 Å². The lowest BCUT2D eigenvalue weighted by atomic mass is 9.89. The van der Waals surface area contributed by atoms with Gasteiger partial charge in [-0.2, -0.15) is 0 Å². The molecule has 0 aromatic carbocycles. The van der Waals surface area contributed by atoms with Gasteiger partial charge in [-0.1, -0.05) is 0 Å². The molecule has 4 saturated heterocycles. The van der Waals surface area contributed by atoms with E-state index in [0.29, 0.717) is 62.6 Å². The lowest BCUT2D eigenvalue weighted by Gasteiger charge is -2.21. The number of nitrogens with zero attached hydrogens (tertiary/aromatic N) is 3. The Morgan fingerprint density at radius 1 is 0.667 bits per heavy atom. The fourth-order valence-electron chi connectivity index (χ4n) is 6.04. The Morgan fingerprint density at radius 2 is 1.18 bits per heavy atom. The highest BCUT2D eigenvalue weighted by atomic mass is 16.6. The molecule has 1 aromatic rings. The number of rotatable bonds is 9. The molecule has 4 aliphatic heterocycles. The second kappa shape index (κ2) is 10.3. The summed E-state index contributed by atoms with van der Waals surface area (Å²) in [7, 11) is 0. The summed E-state index contributed by atoms with van der Waals surface area (Å²) in [6.45, 7) is 2.53. The van der Waals surface area contributed by atoms with Gasteiger partial charge in [0.05, 0.1) is 75.5 Å². The van der Waals surface area contributed by atoms with Gasteiger partial charge in [0.15, 0.2) is 0 Å². The Hall–Kier alpha value is -2.28. The first-order valence-corrected chi connectivity index (χ1v) is 14.6. The van der Waals surface area contributed by atoms with Crippen molar-refractivity contribution in [2.45, 2.75) is 108 Å². The first-order valence-electron chi connectivity index (χ1n) is 14.6. The van der Waals surface area contributed by atoms with Crippen LogP contribution in [0, 0.1) is 17.8 Å². The van der Waals surface area contributed by atoms with Crippen LogP contribution in [0.5, 0.6) is 0 Å². The minimum Gasteiger partial charge on any atom is -0.465 e. The largest absolute Gasteiger partial charge is 0.465 e. The van der Waals surface area contributed by atoms with Gasteiger partial charge >= 0.3 is 23.0 Å². The normalized spacial score (nSPS) is 37.0. The van der Waals surface area contributed by atoms with Crippen LogP contribution in [0.2, 0.25) is 0 Å². The molecule has 0 spiro atoms. The summed E-state index contributed by atoms with van der Waals surface area (Å²) in [5, 5.41) is 0. The smallest absolute Gasteiger partial charge is 0.336 e. The molecule has 0 amide bonds. The van der Waals surface area contributed by atoms with Gasteiger partial charge in [0.25, 0.3) is 0 Å². The molecule has 8 atom stereocenters. The minimum atomic E-state index is -0.553. The number of ether oxygens (including phenoxy) is 5. The van der Waals surface area contributed by atoms with Gasteiger partial charge in [0.1, 0.15) is 0 Å². The minimum absolute atomic E-state index is 0.00258. The molecule has 0 N–H and O–H groups in total. The molecule has 1 aromatic heterocycles. The number of carbonyl (C=O) groups excluding carboxylic acids is 1. The van der Waals surface area contributed by atoms with E-state index in [0.717, 1.165) is 60.5 Å². The fraction of sp³-hybridized carbons (Fsp3) is 0.852. The van der Waals surface area contributed by atoms with Crippen molar-refractivity contribution in [3.8, 4) is 0 Å². The molecule has 12 nitrogen and oxygen atoms in total. The molecular weight excluding hydrogens is 510 g/mol. The zero-order valence-electron chi connectivity index (χ0n) is 22.1. The molecule has 3 saturated carbocycles. The van der Waals surface area contributed by atoms with Gasteiger partial charge in [-0.15, -0.1) is 0 Å². The number of aromatic nitrogens is 3. The number of esters is 1. The van der Waals surface area contributed by atoms with Crippen molar-refractivity contribution in [3.63, 3.8) is 0 Å². The molecule has 7 fully saturated rings. The van der Waals surface area contributed by atoms with Crippen molar-refractivity contribution in [1.29, 1.82) is 0 Å². The van der Waals surface area contributed by atoms with Crippen molar-refractivity contribution in [3.05, 3.63) is 31.5 Å². The zero-order valence-corrected chi connectivity index (χ0v) is 22.1. The van der Waals surface area contributed by atoms with Crippen LogP contribution in [-0.4, -0.2) is 76.1 Å². The number of carbonyl (C=O) groups is 1. The van der Waals surface area contributed by atoms with Gasteiger partial charge in [0, 0.05) is 6.54 Å². The standard InChI is InChI=1S/C14H20O4.C13H17N3O5/c15-14(9-2-4-11-13(6-9)18-11)16-7-8-1-3-10-12(5-8)17-10;17-11-14(3-8-1-2-8)12(18)16(5-10-7-21-10)13(19)15(11)4-9-6-20-9/h8-13H,1-7H2;8-10H,1-7H2. The predicted octanol–water partition coefficient (Wildman–Crippen LogP) is 0.0439. The third-order valence-corrected chi connectivity index (χ3v) is 9.01. The van der Waals surface area contributed by atoms with Crippen molar-refractivity contribution in [2.24, 2.45) is 17.8 Å². The maximum absolute atomic E-state index is 12.4. The number of epoxide rings is 4. The van der Waals surface area contributed by atoms with Crippen LogP contribution in [0.1, 0.15) is 51.4 Å². The van der Waals surface area contributed by atoms with Crippen LogP contribution < -0.4 is 17.1 Å². The molecule has 214 valence electrons. The Morgan fingerprint density at radius 3 is 1.69 bits per heavy atom. The fourth-order valence-corrected chi connectivity index (χ4v) is 6.04. The molecule has 8 rings (SSSR count). The second-order valence-electron chi connectivity index (χ2n) is 12.3. The third-order valence-electron chi connectivity index (χ3n) is 9.01. The van der Waals surface area contributed by atoms with E-state index in [2.05, 4.69) is 0 Å². The van der Waals surface area contributed by atoms with Gasteiger partial charge in [-0.05, 0) is 63.2 Å². The molecule has 39 heavy (non-hydrogen) atoms. The Kier molecular flexibility index (Phi) is 6.77. The summed E-state index contributed by atoms with van der Waals surface area (Å²) in [5.41, 5.74) is -1.58. The molecule has 8 unspecified atom stereocenters. The average Bonchev–Trinajstić information content (AvgIpc) is 3.76. The Balaban J connectivity index is 0.000000131. The summed E-state index contributed by atoms with van der Waals surface area (Å²) in [5.74, 6) is 0.986. The van der Waals surface area contributed by atoms with Gasteiger partial charge in [-0.3, -0.25) is 4.79 Å². The molecule has 12 heteroatoms. The third kappa shape index (κ3) is 6.08. The summed E-state index contributed by atoms with van der Waals surface area (Å²) in [4.78, 5) is 49.2. The first-order chi connectivity index (χ1) is 18.9. The SMILES string of the molecule is O=C(OCC1CCC2OC2C1)C1CCC2OC2C1.O=c1n(CC2CC2)c(=O)n(CC2CO2)c(=O)n1CC1CO1. The Labute approximate surface area is 225 Å². The summed E-state index contributed by atoms with van der Waals surface area (Å²) < 4.78 is 30.1. The monoisotopic (exact) mass is 547 g/mol. The maximum atomic E-state index is 12.4. The number of hydrogen-bond donors (Lipinski definition) is 0. The van der Waals surface area contributed by atoms with Gasteiger partial charge in [0.2, 0.25) is 0 Å². The van der Waals surface area contributed by atoms with E-state index in [-0.39, 0.29) is 37.2 Å². The van der Waals surface area contributed by atoms with Crippen LogP contribution in [0.3, 0.4) is 0 Å². The zero-order chi connectivity index (χ0) is 26.7. The Bertz CT molecular complexity index is 1140. The lowest BCUT2D eigenvalue weighted by molar-refractivity contribution is -0.151. The van der Waals surface area contributed by atoms with Crippen LogP contribution >= 0.6 is 0 Å². The lowest BCUT2D eigenvalue weighted by Crippen LogP contribution is -2.55. The molecule has 3 aliphatic carbocycles. The topological polar surface area (TPSA) is 142 Å². The van der Waals surface area contributed by atoms with E-state index in [4.69, 9.17) is 23.7 Å². The van der Waals surface area contributed by atoms with Gasteiger partial charge < -0.3 is 23.7 Å². The number of fused-ring (bicyclic) bond motifs is 2. The molecule has 0 bridgehead atoms. The van der Waals surface area contributed by atoms with Gasteiger partial charge in [-0.25, -0.2) is 28.1 Å². The summed E-state index contributed by atoms with van der Waals surface area (Å²) in [6, 6.07) is 0. The molecule has 7 aliphatic rings. The van der Waals surface area contributed by atoms with E-state index in [9.17, 15) is 19.2 Å². The quantitative estimate of drug-likeness (QED) is 0.309. The van der Waals surface area contributed by atoms with Crippen molar-refractivity contribution >= 4 is 5.97 Å². The predicted molar refractivity (Wildman–Crippen MR) is 134 cm³/mol. The summed E-state index contributed by atoms with van der Waals surface area (Å²) in [6.07, 6.45) is 9.91. The maximum Gasteiger partial charge on any atom is 0.336 e. The van der Waals surface area contributed by atoms with E-state index in [1.54, 1.807) is 0 Å². The highest BCUT2D eigenvalue weighted by molar-refractivity contribution is 5.72. The van der Waals surface area contributed by atoms with Crippen LogP contribution in [0.15, 0.2) is 14.4 Å². The van der Waals surface area contributed by atoms with E-state index in [1.165, 1.54) is 4.57 Å². The second-order valence-corrected chi connectivity index (χ2v) is 12.3. The first kappa shape index (κ1) is 25.7. The summed E-state index contributed by atoms with van der Waals surface area (Å²) >= 11 is 0. The van der Waals surface area contributed by atoms with E-state index in [1.807, 2.05) is 0 Å². The molecule has 0 radical (unpaired) electrons. The van der Waals surface area contributed by atoms with E-state index >= 15 is 0 Å². The van der Waals surface area contributed by atoms with Crippen LogP contribution in [0.25, 0.3) is 0 Å².